The summed E-state index contributed by atoms with van der Waals surface area (Å²) in [7, 11) is -3.36. The van der Waals surface area contributed by atoms with Gasteiger partial charge in [-0.05, 0) is 44.6 Å². The molecule has 0 atom stereocenters. The number of benzene rings is 1. The molecule has 1 N–H and O–H groups in total. The van der Waals surface area contributed by atoms with Crippen LogP contribution in [-0.4, -0.2) is 38.0 Å². The number of hydrogen-bond acceptors (Lipinski definition) is 3. The number of rotatable bonds is 9. The van der Waals surface area contributed by atoms with Crippen LogP contribution in [0.4, 0.5) is 0 Å². The molecule has 6 heteroatoms. The van der Waals surface area contributed by atoms with Crippen LogP contribution in [0, 0.1) is 6.92 Å². The molecule has 0 radical (unpaired) electrons. The molecular formula is C20H30N2O3S. The van der Waals surface area contributed by atoms with Crippen LogP contribution in [0.15, 0.2) is 35.9 Å². The van der Waals surface area contributed by atoms with Crippen LogP contribution in [-0.2, 0) is 21.4 Å². The maximum atomic E-state index is 12.1. The topological polar surface area (TPSA) is 66.5 Å². The minimum Gasteiger partial charge on any atom is -0.356 e. The maximum absolute atomic E-state index is 12.1. The van der Waals surface area contributed by atoms with Crippen molar-refractivity contribution in [1.29, 1.82) is 0 Å². The average molecular weight is 379 g/mol. The number of amides is 1. The first-order valence-electron chi connectivity index (χ1n) is 9.30. The lowest BCUT2D eigenvalue weighted by Crippen LogP contribution is -2.34. The average Bonchev–Trinajstić information content (AvgIpc) is 2.60. The molecule has 1 aromatic carbocycles. The Labute approximate surface area is 157 Å². The number of nitrogens with one attached hydrogen (secondary N) is 1. The lowest BCUT2D eigenvalue weighted by molar-refractivity contribution is -0.121. The van der Waals surface area contributed by atoms with Crippen LogP contribution < -0.4 is 5.32 Å². The van der Waals surface area contributed by atoms with Gasteiger partial charge in [0.15, 0.2) is 0 Å². The van der Waals surface area contributed by atoms with E-state index in [0.717, 1.165) is 30.4 Å². The maximum Gasteiger partial charge on any atom is 0.221 e. The Balaban J connectivity index is 1.79. The molecule has 0 saturated carbocycles. The molecule has 0 aliphatic heterocycles. The first-order chi connectivity index (χ1) is 12.3. The summed E-state index contributed by atoms with van der Waals surface area (Å²) in [6.45, 7) is 3.10. The summed E-state index contributed by atoms with van der Waals surface area (Å²) in [6, 6.07) is 7.77. The molecule has 0 spiro atoms. The summed E-state index contributed by atoms with van der Waals surface area (Å²) in [4.78, 5) is 12.1. The Hall–Kier alpha value is -1.66. The van der Waals surface area contributed by atoms with Crippen LogP contribution in [0.3, 0.4) is 0 Å². The summed E-state index contributed by atoms with van der Waals surface area (Å²) in [5.74, 6) is -0.0982. The number of sulfonamides is 1. The van der Waals surface area contributed by atoms with Gasteiger partial charge >= 0.3 is 0 Å². The van der Waals surface area contributed by atoms with E-state index < -0.39 is 10.0 Å². The van der Waals surface area contributed by atoms with Crippen LogP contribution in [0.25, 0.3) is 0 Å². The lowest BCUT2D eigenvalue weighted by atomic mass is 9.97. The number of aryl methyl sites for hydroxylation is 1. The first kappa shape index (κ1) is 20.6. The van der Waals surface area contributed by atoms with Gasteiger partial charge < -0.3 is 5.32 Å². The van der Waals surface area contributed by atoms with E-state index in [1.165, 1.54) is 29.0 Å². The molecular weight excluding hydrogens is 348 g/mol. The fourth-order valence-corrected chi connectivity index (χ4v) is 3.87. The van der Waals surface area contributed by atoms with E-state index in [-0.39, 0.29) is 18.9 Å². The van der Waals surface area contributed by atoms with Gasteiger partial charge in [0.25, 0.3) is 0 Å². The first-order valence-corrected chi connectivity index (χ1v) is 11.1. The summed E-state index contributed by atoms with van der Waals surface area (Å²) < 4.78 is 25.4. The predicted molar refractivity (Wildman–Crippen MR) is 105 cm³/mol. The van der Waals surface area contributed by atoms with Crippen LogP contribution in [0.5, 0.6) is 0 Å². The molecule has 5 nitrogen and oxygen atoms in total. The lowest BCUT2D eigenvalue weighted by Gasteiger charge is -2.20. The summed E-state index contributed by atoms with van der Waals surface area (Å²) in [5.41, 5.74) is 3.48. The molecule has 1 aliphatic carbocycles. The number of allylic oxidation sites excluding steroid dienone is 1. The Morgan fingerprint density at radius 1 is 1.19 bits per heavy atom. The number of hydrogen-bond donors (Lipinski definition) is 1. The molecule has 1 aliphatic rings. The Morgan fingerprint density at radius 3 is 2.54 bits per heavy atom. The van der Waals surface area contributed by atoms with Crippen molar-refractivity contribution in [2.24, 2.45) is 0 Å². The van der Waals surface area contributed by atoms with Crippen molar-refractivity contribution in [3.05, 3.63) is 47.0 Å². The summed E-state index contributed by atoms with van der Waals surface area (Å²) in [5, 5.41) is 2.91. The van der Waals surface area contributed by atoms with Gasteiger partial charge in [-0.2, -0.15) is 4.31 Å². The van der Waals surface area contributed by atoms with Gasteiger partial charge in [0.2, 0.25) is 15.9 Å². The molecule has 0 unspecified atom stereocenters. The van der Waals surface area contributed by atoms with E-state index in [1.54, 1.807) is 0 Å². The minimum atomic E-state index is -3.36. The second kappa shape index (κ2) is 9.88. The Kier molecular flexibility index (Phi) is 7.85. The highest BCUT2D eigenvalue weighted by Crippen LogP contribution is 2.19. The van der Waals surface area contributed by atoms with Gasteiger partial charge in [0.05, 0.1) is 6.26 Å². The standard InChI is InChI=1S/C20H30N2O3S/c1-17-8-10-19(11-9-17)16-22(26(2,24)25)15-13-20(23)21-14-12-18-6-4-3-5-7-18/h6,8-11H,3-5,7,12-16H2,1-2H3,(H,21,23). The van der Waals surface area contributed by atoms with Crippen LogP contribution in [0.2, 0.25) is 0 Å². The molecule has 0 aromatic heterocycles. The van der Waals surface area contributed by atoms with Crippen LogP contribution >= 0.6 is 0 Å². The predicted octanol–water partition coefficient (Wildman–Crippen LogP) is 3.15. The fraction of sp³-hybridized carbons (Fsp3) is 0.550. The van der Waals surface area contributed by atoms with Crippen molar-refractivity contribution in [1.82, 2.24) is 9.62 Å². The Bertz CT molecular complexity index is 724. The van der Waals surface area contributed by atoms with Crippen molar-refractivity contribution in [3.8, 4) is 0 Å². The highest BCUT2D eigenvalue weighted by molar-refractivity contribution is 7.88. The summed E-state index contributed by atoms with van der Waals surface area (Å²) >= 11 is 0. The van der Waals surface area contributed by atoms with Crippen molar-refractivity contribution in [2.45, 2.75) is 52.0 Å². The number of nitrogens with zero attached hydrogens (tertiary/aromatic N) is 1. The molecule has 1 amide bonds. The quantitative estimate of drug-likeness (QED) is 0.671. The van der Waals surface area contributed by atoms with Gasteiger partial charge in [-0.3, -0.25) is 4.79 Å². The molecule has 0 fully saturated rings. The third-order valence-corrected chi connectivity index (χ3v) is 5.94. The number of carbonyl (C=O) groups is 1. The van der Waals surface area contributed by atoms with E-state index in [1.807, 2.05) is 31.2 Å². The zero-order chi connectivity index (χ0) is 19.0. The van der Waals surface area contributed by atoms with E-state index >= 15 is 0 Å². The third-order valence-electron chi connectivity index (χ3n) is 4.69. The zero-order valence-electron chi connectivity index (χ0n) is 15.8. The van der Waals surface area contributed by atoms with Crippen molar-refractivity contribution in [3.63, 3.8) is 0 Å². The largest absolute Gasteiger partial charge is 0.356 e. The highest BCUT2D eigenvalue weighted by atomic mass is 32.2. The zero-order valence-corrected chi connectivity index (χ0v) is 16.6. The second-order valence-corrected chi connectivity index (χ2v) is 9.02. The van der Waals surface area contributed by atoms with E-state index in [0.29, 0.717) is 13.1 Å². The van der Waals surface area contributed by atoms with Crippen LogP contribution in [0.1, 0.15) is 49.7 Å². The normalized spacial score (nSPS) is 15.0. The van der Waals surface area contributed by atoms with Gasteiger partial charge in [0, 0.05) is 26.1 Å². The monoisotopic (exact) mass is 378 g/mol. The van der Waals surface area contributed by atoms with E-state index in [4.69, 9.17) is 0 Å². The van der Waals surface area contributed by atoms with Crippen molar-refractivity contribution in [2.75, 3.05) is 19.3 Å². The molecule has 26 heavy (non-hydrogen) atoms. The van der Waals surface area contributed by atoms with E-state index in [9.17, 15) is 13.2 Å². The van der Waals surface area contributed by atoms with Gasteiger partial charge in [-0.25, -0.2) is 8.42 Å². The molecule has 1 aromatic rings. The highest BCUT2D eigenvalue weighted by Gasteiger charge is 2.18. The number of carbonyl (C=O) groups excluding carboxylic acids is 1. The van der Waals surface area contributed by atoms with Crippen molar-refractivity contribution >= 4 is 15.9 Å². The van der Waals surface area contributed by atoms with Gasteiger partial charge in [-0.1, -0.05) is 41.5 Å². The molecule has 0 heterocycles. The van der Waals surface area contributed by atoms with E-state index in [2.05, 4.69) is 11.4 Å². The molecule has 0 bridgehead atoms. The summed E-state index contributed by atoms with van der Waals surface area (Å²) in [6.07, 6.45) is 9.32. The fourth-order valence-electron chi connectivity index (χ4n) is 3.07. The van der Waals surface area contributed by atoms with Crippen molar-refractivity contribution < 1.29 is 13.2 Å². The van der Waals surface area contributed by atoms with Gasteiger partial charge in [-0.15, -0.1) is 0 Å². The molecule has 2 rings (SSSR count). The molecule has 0 saturated heterocycles. The molecule has 144 valence electrons. The third kappa shape index (κ3) is 7.30. The van der Waals surface area contributed by atoms with Gasteiger partial charge in [0.1, 0.15) is 0 Å². The Morgan fingerprint density at radius 2 is 1.92 bits per heavy atom. The second-order valence-electron chi connectivity index (χ2n) is 7.04. The SMILES string of the molecule is Cc1ccc(CN(CCC(=O)NCCC2=CCCCC2)S(C)(=O)=O)cc1. The minimum absolute atomic E-state index is 0.0982. The smallest absolute Gasteiger partial charge is 0.221 e.